The predicted molar refractivity (Wildman–Crippen MR) is 94.0 cm³/mol. The van der Waals surface area contributed by atoms with Crippen LogP contribution in [0.4, 0.5) is 4.79 Å². The van der Waals surface area contributed by atoms with Gasteiger partial charge < -0.3 is 0 Å². The Hall–Kier alpha value is -1.69. The fourth-order valence-corrected chi connectivity index (χ4v) is 3.04. The van der Waals surface area contributed by atoms with Crippen LogP contribution in [0.3, 0.4) is 0 Å². The third kappa shape index (κ3) is 4.89. The van der Waals surface area contributed by atoms with Gasteiger partial charge in [0.15, 0.2) is 0 Å². The summed E-state index contributed by atoms with van der Waals surface area (Å²) in [6, 6.07) is 13.4. The van der Waals surface area contributed by atoms with E-state index in [2.05, 4.69) is 5.32 Å². The van der Waals surface area contributed by atoms with Crippen LogP contribution in [0.1, 0.15) is 17.3 Å². The maximum absolute atomic E-state index is 12.2. The van der Waals surface area contributed by atoms with Crippen molar-refractivity contribution in [2.75, 3.05) is 6.54 Å². The average molecular weight is 369 g/mol. The number of halogens is 2. The quantitative estimate of drug-likeness (QED) is 0.782. The first-order chi connectivity index (χ1) is 11.0. The number of hydrogen-bond acceptors (Lipinski definition) is 3. The first kappa shape index (κ1) is 17.7. The van der Waals surface area contributed by atoms with Crippen LogP contribution in [0.15, 0.2) is 53.4 Å². The number of amides is 3. The zero-order chi connectivity index (χ0) is 16.8. The van der Waals surface area contributed by atoms with Crippen LogP contribution in [0.5, 0.6) is 0 Å². The number of imide groups is 1. The first-order valence-electron chi connectivity index (χ1n) is 6.82. The lowest BCUT2D eigenvalue weighted by Crippen LogP contribution is -2.39. The van der Waals surface area contributed by atoms with Crippen molar-refractivity contribution in [3.8, 4) is 0 Å². The summed E-state index contributed by atoms with van der Waals surface area (Å²) in [6.45, 7) is 2.27. The molecule has 0 saturated heterocycles. The zero-order valence-corrected chi connectivity index (χ0v) is 14.6. The number of nitrogens with one attached hydrogen (secondary N) is 1. The monoisotopic (exact) mass is 368 g/mol. The van der Waals surface area contributed by atoms with Gasteiger partial charge in [-0.25, -0.2) is 4.79 Å². The Labute approximate surface area is 148 Å². The molecule has 120 valence electrons. The summed E-state index contributed by atoms with van der Waals surface area (Å²) in [5.41, 5.74) is 0.199. The smallest absolute Gasteiger partial charge is 0.273 e. The standard InChI is InChI=1S/C16H14Cl2N2O2S/c1-2-20(23-12-6-4-3-5-7-12)16(22)19-15(21)13-9-8-11(17)10-14(13)18/h3-10H,2H2,1H3,(H,19,21,22). The summed E-state index contributed by atoms with van der Waals surface area (Å²) in [6.07, 6.45) is 0. The van der Waals surface area contributed by atoms with Crippen molar-refractivity contribution in [2.24, 2.45) is 0 Å². The topological polar surface area (TPSA) is 49.4 Å². The highest BCUT2D eigenvalue weighted by molar-refractivity contribution is 7.97. The SMILES string of the molecule is CCN(Sc1ccccc1)C(=O)NC(=O)c1ccc(Cl)cc1Cl. The van der Waals surface area contributed by atoms with Gasteiger partial charge in [-0.3, -0.25) is 14.4 Å². The minimum absolute atomic E-state index is 0.196. The van der Waals surface area contributed by atoms with E-state index < -0.39 is 11.9 Å². The molecule has 0 atom stereocenters. The zero-order valence-electron chi connectivity index (χ0n) is 12.3. The fraction of sp³-hybridized carbons (Fsp3) is 0.125. The summed E-state index contributed by atoms with van der Waals surface area (Å²) in [7, 11) is 0. The Morgan fingerprint density at radius 3 is 2.43 bits per heavy atom. The van der Waals surface area contributed by atoms with Gasteiger partial charge in [-0.2, -0.15) is 0 Å². The van der Waals surface area contributed by atoms with E-state index in [0.717, 1.165) is 4.90 Å². The number of benzene rings is 2. The van der Waals surface area contributed by atoms with Gasteiger partial charge >= 0.3 is 6.03 Å². The van der Waals surface area contributed by atoms with Crippen LogP contribution < -0.4 is 5.32 Å². The Kier molecular flexibility index (Phi) is 6.33. The third-order valence-electron chi connectivity index (χ3n) is 2.87. The molecule has 0 spiro atoms. The Morgan fingerprint density at radius 1 is 1.13 bits per heavy atom. The van der Waals surface area contributed by atoms with E-state index in [1.165, 1.54) is 28.4 Å². The molecule has 0 bridgehead atoms. The minimum atomic E-state index is -0.566. The van der Waals surface area contributed by atoms with Gasteiger partial charge in [0.2, 0.25) is 0 Å². The van der Waals surface area contributed by atoms with Gasteiger partial charge in [-0.05, 0) is 49.2 Å². The maximum atomic E-state index is 12.2. The minimum Gasteiger partial charge on any atom is -0.273 e. The summed E-state index contributed by atoms with van der Waals surface area (Å²) < 4.78 is 1.46. The van der Waals surface area contributed by atoms with Crippen LogP contribution >= 0.6 is 35.1 Å². The lowest BCUT2D eigenvalue weighted by molar-refractivity contribution is 0.0960. The van der Waals surface area contributed by atoms with E-state index >= 15 is 0 Å². The lowest BCUT2D eigenvalue weighted by Gasteiger charge is -2.19. The number of hydrogen-bond donors (Lipinski definition) is 1. The highest BCUT2D eigenvalue weighted by atomic mass is 35.5. The molecule has 0 fully saturated rings. The molecule has 0 aliphatic heterocycles. The first-order valence-corrected chi connectivity index (χ1v) is 8.35. The highest BCUT2D eigenvalue weighted by Crippen LogP contribution is 2.23. The fourth-order valence-electron chi connectivity index (χ4n) is 1.76. The van der Waals surface area contributed by atoms with E-state index in [1.54, 1.807) is 6.07 Å². The Bertz CT molecular complexity index is 710. The van der Waals surface area contributed by atoms with E-state index in [-0.39, 0.29) is 10.6 Å². The largest absolute Gasteiger partial charge is 0.334 e. The molecule has 23 heavy (non-hydrogen) atoms. The van der Waals surface area contributed by atoms with Gasteiger partial charge in [0.05, 0.1) is 10.6 Å². The van der Waals surface area contributed by atoms with Crippen LogP contribution in [-0.4, -0.2) is 22.8 Å². The molecule has 4 nitrogen and oxygen atoms in total. The molecule has 0 aliphatic carbocycles. The molecule has 7 heteroatoms. The normalized spacial score (nSPS) is 10.2. The van der Waals surface area contributed by atoms with Crippen LogP contribution in [-0.2, 0) is 0 Å². The molecule has 0 aromatic heterocycles. The van der Waals surface area contributed by atoms with E-state index in [0.29, 0.717) is 11.6 Å². The molecule has 3 amide bonds. The van der Waals surface area contributed by atoms with Crippen molar-refractivity contribution < 1.29 is 9.59 Å². The molecular formula is C16H14Cl2N2O2S. The molecule has 2 rings (SSSR count). The van der Waals surface area contributed by atoms with Crippen molar-refractivity contribution in [2.45, 2.75) is 11.8 Å². The van der Waals surface area contributed by atoms with Crippen LogP contribution in [0.2, 0.25) is 10.0 Å². The van der Waals surface area contributed by atoms with Gasteiger partial charge in [0, 0.05) is 16.5 Å². The Morgan fingerprint density at radius 2 is 1.83 bits per heavy atom. The molecule has 0 heterocycles. The maximum Gasteiger partial charge on any atom is 0.334 e. The van der Waals surface area contributed by atoms with Gasteiger partial charge in [-0.15, -0.1) is 0 Å². The van der Waals surface area contributed by atoms with Gasteiger partial charge in [0.25, 0.3) is 5.91 Å². The predicted octanol–water partition coefficient (Wildman–Crippen LogP) is 4.87. The van der Waals surface area contributed by atoms with Gasteiger partial charge in [0.1, 0.15) is 0 Å². The van der Waals surface area contributed by atoms with E-state index in [1.807, 2.05) is 37.3 Å². The van der Waals surface area contributed by atoms with Crippen molar-refractivity contribution in [1.29, 1.82) is 0 Å². The summed E-state index contributed by atoms with van der Waals surface area (Å²) in [4.78, 5) is 25.3. The highest BCUT2D eigenvalue weighted by Gasteiger charge is 2.19. The Balaban J connectivity index is 2.05. The molecular weight excluding hydrogens is 355 g/mol. The molecule has 0 aliphatic rings. The molecule has 2 aromatic carbocycles. The number of carbonyl (C=O) groups is 2. The third-order valence-corrected chi connectivity index (χ3v) is 4.54. The number of urea groups is 1. The van der Waals surface area contributed by atoms with Crippen molar-refractivity contribution in [1.82, 2.24) is 9.62 Å². The van der Waals surface area contributed by atoms with E-state index in [4.69, 9.17) is 23.2 Å². The van der Waals surface area contributed by atoms with E-state index in [9.17, 15) is 9.59 Å². The summed E-state index contributed by atoms with van der Waals surface area (Å²) in [5.74, 6) is -0.566. The molecule has 0 saturated carbocycles. The summed E-state index contributed by atoms with van der Waals surface area (Å²) in [5, 5.41) is 2.95. The molecule has 0 unspecified atom stereocenters. The number of carbonyl (C=O) groups excluding carboxylic acids is 2. The molecule has 2 aromatic rings. The molecule has 1 N–H and O–H groups in total. The van der Waals surface area contributed by atoms with Gasteiger partial charge in [-0.1, -0.05) is 41.4 Å². The average Bonchev–Trinajstić information content (AvgIpc) is 2.53. The number of nitrogens with zero attached hydrogens (tertiary/aromatic N) is 1. The summed E-state index contributed by atoms with van der Waals surface area (Å²) >= 11 is 13.0. The van der Waals surface area contributed by atoms with Crippen molar-refractivity contribution in [3.63, 3.8) is 0 Å². The van der Waals surface area contributed by atoms with Crippen molar-refractivity contribution in [3.05, 3.63) is 64.1 Å². The second-order valence-corrected chi connectivity index (χ2v) is 6.42. The second-order valence-electron chi connectivity index (χ2n) is 4.48. The van der Waals surface area contributed by atoms with Crippen LogP contribution in [0, 0.1) is 0 Å². The van der Waals surface area contributed by atoms with Crippen molar-refractivity contribution >= 4 is 47.1 Å². The number of rotatable bonds is 4. The van der Waals surface area contributed by atoms with Crippen LogP contribution in [0.25, 0.3) is 0 Å². The lowest BCUT2D eigenvalue weighted by atomic mass is 10.2. The second kappa shape index (κ2) is 8.24. The molecule has 0 radical (unpaired) electrons.